The van der Waals surface area contributed by atoms with Gasteiger partial charge >= 0.3 is 11.7 Å². The Morgan fingerprint density at radius 1 is 0.829 bits per heavy atom. The van der Waals surface area contributed by atoms with Gasteiger partial charge in [-0.2, -0.15) is 8.78 Å². The molecule has 0 fully saturated rings. The van der Waals surface area contributed by atoms with Crippen LogP contribution in [0.2, 0.25) is 0 Å². The summed E-state index contributed by atoms with van der Waals surface area (Å²) < 4.78 is 87.1. The fourth-order valence-electron chi connectivity index (χ4n) is 3.51. The van der Waals surface area contributed by atoms with E-state index in [9.17, 15) is 26.0 Å². The van der Waals surface area contributed by atoms with Crippen LogP contribution in [0.15, 0.2) is 96.2 Å². The summed E-state index contributed by atoms with van der Waals surface area (Å²) in [4.78, 5) is 3.98. The zero-order valence-corrected chi connectivity index (χ0v) is 19.0. The Bertz CT molecular complexity index is 1380. The molecule has 0 saturated heterocycles. The fraction of sp³-hybridized carbons (Fsp3) is 0.160. The van der Waals surface area contributed by atoms with Gasteiger partial charge < -0.3 is 4.74 Å². The molecule has 1 aromatic heterocycles. The molecule has 1 heterocycles. The van der Waals surface area contributed by atoms with Gasteiger partial charge in [0.15, 0.2) is 0 Å². The van der Waals surface area contributed by atoms with Gasteiger partial charge in [-0.3, -0.25) is 4.57 Å². The van der Waals surface area contributed by atoms with Gasteiger partial charge in [-0.15, -0.1) is 0 Å². The van der Waals surface area contributed by atoms with Crippen molar-refractivity contribution in [1.29, 1.82) is 0 Å². The van der Waals surface area contributed by atoms with Crippen LogP contribution in [-0.2, 0) is 27.9 Å². The number of sulfone groups is 1. The van der Waals surface area contributed by atoms with Crippen molar-refractivity contribution in [2.75, 3.05) is 0 Å². The van der Waals surface area contributed by atoms with Crippen molar-refractivity contribution in [3.05, 3.63) is 96.6 Å². The molecule has 0 aliphatic rings. The van der Waals surface area contributed by atoms with Gasteiger partial charge in [0.05, 0.1) is 18.0 Å². The van der Waals surface area contributed by atoms with Crippen molar-refractivity contribution in [3.8, 4) is 22.5 Å². The third kappa shape index (κ3) is 4.85. The molecule has 0 bridgehead atoms. The molecule has 0 amide bonds. The number of halogens is 4. The monoisotopic (exact) mass is 504 g/mol. The van der Waals surface area contributed by atoms with Crippen molar-refractivity contribution in [3.63, 3.8) is 0 Å². The van der Waals surface area contributed by atoms with Gasteiger partial charge in [0.1, 0.15) is 6.73 Å². The maximum Gasteiger partial charge on any atom is 0.411 e. The highest BCUT2D eigenvalue weighted by Crippen LogP contribution is 2.39. The second-order valence-corrected chi connectivity index (χ2v) is 9.50. The zero-order valence-electron chi connectivity index (χ0n) is 18.2. The topological polar surface area (TPSA) is 61.2 Å². The van der Waals surface area contributed by atoms with E-state index in [1.807, 2.05) is 0 Å². The lowest BCUT2D eigenvalue weighted by Crippen LogP contribution is -2.38. The molecule has 10 heteroatoms. The van der Waals surface area contributed by atoms with Crippen molar-refractivity contribution in [2.24, 2.45) is 0 Å². The van der Waals surface area contributed by atoms with E-state index in [-0.39, 0.29) is 18.0 Å². The van der Waals surface area contributed by atoms with Crippen molar-refractivity contribution >= 4 is 9.84 Å². The van der Waals surface area contributed by atoms with E-state index >= 15 is 0 Å². The highest BCUT2D eigenvalue weighted by Gasteiger charge is 2.57. The number of ether oxygens (including phenoxy) is 1. The Labute approximate surface area is 199 Å². The summed E-state index contributed by atoms with van der Waals surface area (Å²) in [6.07, 6.45) is -4.44. The molecule has 35 heavy (non-hydrogen) atoms. The summed E-state index contributed by atoms with van der Waals surface area (Å²) in [5.41, 5.74) is 1.81. The number of hydrogen-bond acceptors (Lipinski definition) is 4. The van der Waals surface area contributed by atoms with E-state index in [0.717, 1.165) is 10.1 Å². The summed E-state index contributed by atoms with van der Waals surface area (Å²) in [5.74, 6) is 0. The Balaban J connectivity index is 1.91. The van der Waals surface area contributed by atoms with Gasteiger partial charge in [0.2, 0.25) is 5.16 Å². The number of benzene rings is 3. The predicted octanol–water partition coefficient (Wildman–Crippen LogP) is 6.02. The summed E-state index contributed by atoms with van der Waals surface area (Å²) in [5, 5.41) is -6.55. The Morgan fingerprint density at radius 2 is 1.34 bits per heavy atom. The van der Waals surface area contributed by atoms with Crippen LogP contribution < -0.4 is 0 Å². The molecule has 4 aromatic rings. The van der Waals surface area contributed by atoms with Crippen LogP contribution in [0.1, 0.15) is 5.56 Å². The molecule has 0 saturated carbocycles. The first kappa shape index (κ1) is 24.6. The highest BCUT2D eigenvalue weighted by molar-refractivity contribution is 7.92. The second kappa shape index (κ2) is 10.0. The number of rotatable bonds is 9. The average molecular weight is 505 g/mol. The molecule has 0 atom stereocenters. The first-order chi connectivity index (χ1) is 16.7. The number of hydrogen-bond donors (Lipinski definition) is 0. The van der Waals surface area contributed by atoms with Gasteiger partial charge in [-0.1, -0.05) is 91.0 Å². The molecule has 0 N–H and O–H groups in total. The fourth-order valence-corrected chi connectivity index (χ4v) is 4.63. The largest absolute Gasteiger partial charge is 0.411 e. The molecule has 5 nitrogen and oxygen atoms in total. The number of imidazole rings is 1. The molecular weight excluding hydrogens is 484 g/mol. The van der Waals surface area contributed by atoms with Crippen LogP contribution in [0, 0.1) is 0 Å². The van der Waals surface area contributed by atoms with Crippen LogP contribution >= 0.6 is 0 Å². The van der Waals surface area contributed by atoms with E-state index in [1.54, 1.807) is 91.0 Å². The minimum absolute atomic E-state index is 0.0264. The van der Waals surface area contributed by atoms with Gasteiger partial charge in [0.25, 0.3) is 9.84 Å². The SMILES string of the molecule is O=S(=O)(c1nc(-c2ccccc2)c(-c2ccccc2)n1COCc1ccccc1)C(F)(F)C(F)F. The van der Waals surface area contributed by atoms with Crippen LogP contribution in [0.5, 0.6) is 0 Å². The standard InChI is InChI=1S/C25H20F4N2O3S/c26-23(27)25(28,29)35(32,33)24-30-21(19-12-6-2-7-13-19)22(20-14-8-3-9-15-20)31(24)17-34-16-18-10-4-1-5-11-18/h1-15,23H,16-17H2. The molecule has 4 rings (SSSR count). The molecule has 0 aliphatic heterocycles. The van der Waals surface area contributed by atoms with Gasteiger partial charge in [0, 0.05) is 11.1 Å². The molecule has 0 spiro atoms. The Morgan fingerprint density at radius 3 is 1.89 bits per heavy atom. The summed E-state index contributed by atoms with van der Waals surface area (Å²) in [7, 11) is -5.89. The van der Waals surface area contributed by atoms with E-state index in [4.69, 9.17) is 4.74 Å². The lowest BCUT2D eigenvalue weighted by atomic mass is 10.0. The molecule has 0 radical (unpaired) electrons. The predicted molar refractivity (Wildman–Crippen MR) is 122 cm³/mol. The zero-order chi connectivity index (χ0) is 25.1. The maximum atomic E-state index is 14.3. The third-order valence-electron chi connectivity index (χ3n) is 5.21. The van der Waals surface area contributed by atoms with Crippen LogP contribution in [0.4, 0.5) is 17.6 Å². The molecule has 3 aromatic carbocycles. The maximum absolute atomic E-state index is 14.3. The molecule has 0 unspecified atom stereocenters. The number of nitrogens with zero attached hydrogens (tertiary/aromatic N) is 2. The third-order valence-corrected chi connectivity index (χ3v) is 6.90. The van der Waals surface area contributed by atoms with E-state index in [0.29, 0.717) is 11.1 Å². The Hall–Kier alpha value is -3.50. The van der Waals surface area contributed by atoms with Gasteiger partial charge in [-0.05, 0) is 5.56 Å². The van der Waals surface area contributed by atoms with E-state index in [1.165, 1.54) is 0 Å². The Kier molecular flexibility index (Phi) is 7.04. The molecule has 0 aliphatic carbocycles. The van der Waals surface area contributed by atoms with Crippen LogP contribution in [-0.4, -0.2) is 29.6 Å². The smallest absolute Gasteiger partial charge is 0.356 e. The average Bonchev–Trinajstić information content (AvgIpc) is 3.26. The van der Waals surface area contributed by atoms with E-state index < -0.39 is 33.4 Å². The van der Waals surface area contributed by atoms with Crippen molar-refractivity contribution < 1.29 is 30.7 Å². The minimum Gasteiger partial charge on any atom is -0.356 e. The summed E-state index contributed by atoms with van der Waals surface area (Å²) in [6.45, 7) is -0.495. The van der Waals surface area contributed by atoms with Crippen LogP contribution in [0.3, 0.4) is 0 Å². The summed E-state index contributed by atoms with van der Waals surface area (Å²) >= 11 is 0. The normalized spacial score (nSPS) is 12.3. The first-order valence-corrected chi connectivity index (χ1v) is 12.0. The highest BCUT2D eigenvalue weighted by atomic mass is 32.2. The second-order valence-electron chi connectivity index (χ2n) is 7.58. The number of aromatic nitrogens is 2. The summed E-state index contributed by atoms with van der Waals surface area (Å²) in [6, 6.07) is 25.5. The lowest BCUT2D eigenvalue weighted by molar-refractivity contribution is -0.0643. The lowest BCUT2D eigenvalue weighted by Gasteiger charge is -2.18. The number of alkyl halides is 4. The van der Waals surface area contributed by atoms with Crippen molar-refractivity contribution in [2.45, 2.75) is 30.2 Å². The van der Waals surface area contributed by atoms with Crippen molar-refractivity contribution in [1.82, 2.24) is 9.55 Å². The van der Waals surface area contributed by atoms with E-state index in [2.05, 4.69) is 4.98 Å². The van der Waals surface area contributed by atoms with Crippen LogP contribution in [0.25, 0.3) is 22.5 Å². The molecular formula is C25H20F4N2O3S. The minimum atomic E-state index is -5.89. The molecule has 182 valence electrons. The quantitative estimate of drug-likeness (QED) is 0.262. The van der Waals surface area contributed by atoms with Gasteiger partial charge in [-0.25, -0.2) is 22.2 Å². The first-order valence-electron chi connectivity index (χ1n) is 10.5.